The lowest BCUT2D eigenvalue weighted by molar-refractivity contribution is -0.0436. The van der Waals surface area contributed by atoms with Crippen LogP contribution in [-0.2, 0) is 11.3 Å². The maximum absolute atomic E-state index is 9.70. The molecule has 0 saturated carbocycles. The van der Waals surface area contributed by atoms with Crippen LogP contribution in [0.3, 0.4) is 0 Å². The molecule has 2 rings (SSSR count). The Labute approximate surface area is 101 Å². The average Bonchev–Trinajstić information content (AvgIpc) is 2.28. The standard InChI is InChI=1S/C13H19NO3/c15-12-6-14(7-12)8-13(16)10-17-9-11-4-2-1-3-5-11/h1-5,12-13,15-16H,6-10H2. The van der Waals surface area contributed by atoms with Crippen molar-refractivity contribution in [2.45, 2.75) is 18.8 Å². The molecule has 0 amide bonds. The maximum atomic E-state index is 9.70. The second-order valence-electron chi connectivity index (χ2n) is 4.53. The zero-order valence-electron chi connectivity index (χ0n) is 9.83. The summed E-state index contributed by atoms with van der Waals surface area (Å²) in [5.74, 6) is 0. The molecule has 2 N–H and O–H groups in total. The van der Waals surface area contributed by atoms with Gasteiger partial charge in [-0.25, -0.2) is 0 Å². The van der Waals surface area contributed by atoms with Gasteiger partial charge < -0.3 is 14.9 Å². The zero-order chi connectivity index (χ0) is 12.1. The molecule has 4 heteroatoms. The second-order valence-corrected chi connectivity index (χ2v) is 4.53. The van der Waals surface area contributed by atoms with Gasteiger partial charge in [0.15, 0.2) is 0 Å². The predicted octanol–water partition coefficient (Wildman–Crippen LogP) is 0.241. The Morgan fingerprint density at radius 1 is 1.29 bits per heavy atom. The molecule has 1 heterocycles. The number of benzene rings is 1. The summed E-state index contributed by atoms with van der Waals surface area (Å²) in [6.45, 7) is 2.76. The van der Waals surface area contributed by atoms with E-state index in [9.17, 15) is 5.11 Å². The van der Waals surface area contributed by atoms with Gasteiger partial charge in [-0.05, 0) is 5.56 Å². The number of rotatable bonds is 6. The molecule has 1 aromatic carbocycles. The molecule has 0 radical (unpaired) electrons. The highest BCUT2D eigenvalue weighted by molar-refractivity contribution is 5.13. The van der Waals surface area contributed by atoms with Crippen molar-refractivity contribution in [1.29, 1.82) is 0 Å². The topological polar surface area (TPSA) is 52.9 Å². The van der Waals surface area contributed by atoms with Crippen molar-refractivity contribution in [2.24, 2.45) is 0 Å². The van der Waals surface area contributed by atoms with Crippen molar-refractivity contribution >= 4 is 0 Å². The molecular weight excluding hydrogens is 218 g/mol. The van der Waals surface area contributed by atoms with Crippen molar-refractivity contribution in [3.8, 4) is 0 Å². The number of aliphatic hydroxyl groups is 2. The van der Waals surface area contributed by atoms with E-state index in [1.807, 2.05) is 35.2 Å². The Balaban J connectivity index is 1.58. The van der Waals surface area contributed by atoms with E-state index in [4.69, 9.17) is 9.84 Å². The molecule has 0 spiro atoms. The van der Waals surface area contributed by atoms with Crippen molar-refractivity contribution in [3.63, 3.8) is 0 Å². The van der Waals surface area contributed by atoms with Crippen molar-refractivity contribution in [2.75, 3.05) is 26.2 Å². The number of hydrogen-bond donors (Lipinski definition) is 2. The molecule has 1 aliphatic heterocycles. The van der Waals surface area contributed by atoms with Gasteiger partial charge in [-0.2, -0.15) is 0 Å². The Hall–Kier alpha value is -0.940. The van der Waals surface area contributed by atoms with Crippen LogP contribution in [-0.4, -0.2) is 53.6 Å². The number of β-amino-alcohol motifs (C(OH)–C–C–N with tert-alkyl or cyclic N) is 2. The van der Waals surface area contributed by atoms with Gasteiger partial charge in [0.1, 0.15) is 0 Å². The van der Waals surface area contributed by atoms with Crippen LogP contribution in [0.15, 0.2) is 30.3 Å². The third-order valence-corrected chi connectivity index (χ3v) is 2.83. The highest BCUT2D eigenvalue weighted by Crippen LogP contribution is 2.08. The number of hydrogen-bond acceptors (Lipinski definition) is 4. The van der Waals surface area contributed by atoms with E-state index in [2.05, 4.69) is 0 Å². The van der Waals surface area contributed by atoms with E-state index in [1.54, 1.807) is 0 Å². The highest BCUT2D eigenvalue weighted by atomic mass is 16.5. The van der Waals surface area contributed by atoms with Crippen molar-refractivity contribution < 1.29 is 14.9 Å². The molecule has 0 bridgehead atoms. The van der Waals surface area contributed by atoms with Crippen molar-refractivity contribution in [3.05, 3.63) is 35.9 Å². The quantitative estimate of drug-likeness (QED) is 0.744. The van der Waals surface area contributed by atoms with E-state index < -0.39 is 6.10 Å². The molecule has 0 aromatic heterocycles. The first-order valence-electron chi connectivity index (χ1n) is 5.94. The van der Waals surface area contributed by atoms with Crippen LogP contribution in [0.1, 0.15) is 5.56 Å². The summed E-state index contributed by atoms with van der Waals surface area (Å²) < 4.78 is 5.44. The van der Waals surface area contributed by atoms with Gasteiger partial charge in [-0.15, -0.1) is 0 Å². The van der Waals surface area contributed by atoms with Gasteiger partial charge in [-0.3, -0.25) is 4.90 Å². The van der Waals surface area contributed by atoms with Crippen LogP contribution in [0.5, 0.6) is 0 Å². The Morgan fingerprint density at radius 2 is 2.00 bits per heavy atom. The lowest BCUT2D eigenvalue weighted by Crippen LogP contribution is -2.53. The fourth-order valence-electron chi connectivity index (χ4n) is 1.93. The summed E-state index contributed by atoms with van der Waals surface area (Å²) in [5, 5.41) is 18.8. The van der Waals surface area contributed by atoms with Crippen LogP contribution < -0.4 is 0 Å². The van der Waals surface area contributed by atoms with Crippen LogP contribution in [0.25, 0.3) is 0 Å². The molecule has 1 fully saturated rings. The minimum Gasteiger partial charge on any atom is -0.390 e. The average molecular weight is 237 g/mol. The SMILES string of the molecule is OC(COCc1ccccc1)CN1CC(O)C1. The summed E-state index contributed by atoms with van der Waals surface area (Å²) >= 11 is 0. The molecule has 1 aromatic rings. The number of aliphatic hydroxyl groups excluding tert-OH is 2. The van der Waals surface area contributed by atoms with Gasteiger partial charge in [0, 0.05) is 19.6 Å². The minimum absolute atomic E-state index is 0.215. The molecule has 4 nitrogen and oxygen atoms in total. The van der Waals surface area contributed by atoms with Gasteiger partial charge in [0.05, 0.1) is 25.4 Å². The van der Waals surface area contributed by atoms with Crippen LogP contribution in [0.4, 0.5) is 0 Å². The Kier molecular flexibility index (Phi) is 4.50. The number of nitrogens with zero attached hydrogens (tertiary/aromatic N) is 1. The fourth-order valence-corrected chi connectivity index (χ4v) is 1.93. The molecule has 0 aliphatic carbocycles. The van der Waals surface area contributed by atoms with Gasteiger partial charge in [0.2, 0.25) is 0 Å². The molecule has 1 atom stereocenters. The number of likely N-dealkylation sites (tertiary alicyclic amines) is 1. The number of ether oxygens (including phenoxy) is 1. The largest absolute Gasteiger partial charge is 0.390 e. The molecule has 17 heavy (non-hydrogen) atoms. The van der Waals surface area contributed by atoms with Gasteiger partial charge in [0.25, 0.3) is 0 Å². The first-order valence-corrected chi connectivity index (χ1v) is 5.94. The molecule has 1 aliphatic rings. The highest BCUT2D eigenvalue weighted by Gasteiger charge is 2.25. The molecule has 94 valence electrons. The molecule has 1 saturated heterocycles. The first-order chi connectivity index (χ1) is 8.24. The van der Waals surface area contributed by atoms with E-state index in [0.717, 1.165) is 5.56 Å². The monoisotopic (exact) mass is 237 g/mol. The third-order valence-electron chi connectivity index (χ3n) is 2.83. The van der Waals surface area contributed by atoms with Gasteiger partial charge in [-0.1, -0.05) is 30.3 Å². The Bertz CT molecular complexity index is 325. The first kappa shape index (κ1) is 12.5. The smallest absolute Gasteiger partial charge is 0.0900 e. The van der Waals surface area contributed by atoms with Crippen LogP contribution >= 0.6 is 0 Å². The van der Waals surface area contributed by atoms with Crippen LogP contribution in [0.2, 0.25) is 0 Å². The van der Waals surface area contributed by atoms with Gasteiger partial charge >= 0.3 is 0 Å². The zero-order valence-corrected chi connectivity index (χ0v) is 9.83. The van der Waals surface area contributed by atoms with E-state index >= 15 is 0 Å². The van der Waals surface area contributed by atoms with E-state index in [0.29, 0.717) is 32.8 Å². The van der Waals surface area contributed by atoms with E-state index in [1.165, 1.54) is 0 Å². The Morgan fingerprint density at radius 3 is 2.65 bits per heavy atom. The fraction of sp³-hybridized carbons (Fsp3) is 0.538. The summed E-state index contributed by atoms with van der Waals surface area (Å²) in [7, 11) is 0. The lowest BCUT2D eigenvalue weighted by Gasteiger charge is -2.36. The molecule has 1 unspecified atom stereocenters. The van der Waals surface area contributed by atoms with Crippen LogP contribution in [0, 0.1) is 0 Å². The van der Waals surface area contributed by atoms with Crippen molar-refractivity contribution in [1.82, 2.24) is 4.90 Å². The summed E-state index contributed by atoms with van der Waals surface area (Å²) in [4.78, 5) is 2.02. The second kappa shape index (κ2) is 6.12. The maximum Gasteiger partial charge on any atom is 0.0900 e. The molecular formula is C13H19NO3. The van der Waals surface area contributed by atoms with E-state index in [-0.39, 0.29) is 6.10 Å². The minimum atomic E-state index is -0.480. The predicted molar refractivity (Wildman–Crippen MR) is 64.6 cm³/mol. The summed E-state index contributed by atoms with van der Waals surface area (Å²) in [6.07, 6.45) is -0.696. The normalized spacial score (nSPS) is 18.9. The summed E-state index contributed by atoms with van der Waals surface area (Å²) in [6, 6.07) is 9.90. The third kappa shape index (κ3) is 4.09. The summed E-state index contributed by atoms with van der Waals surface area (Å²) in [5.41, 5.74) is 1.11. The lowest BCUT2D eigenvalue weighted by atomic mass is 10.1.